The van der Waals surface area contributed by atoms with Crippen LogP contribution in [-0.2, 0) is 9.53 Å². The number of nitrogens with one attached hydrogen (secondary N) is 1. The van der Waals surface area contributed by atoms with Gasteiger partial charge in [0.2, 0.25) is 11.6 Å². The number of para-hydroxylation sites is 1. The molecule has 4 rings (SSSR count). The Morgan fingerprint density at radius 1 is 1.09 bits per heavy atom. The van der Waals surface area contributed by atoms with Crippen LogP contribution in [0.5, 0.6) is 0 Å². The van der Waals surface area contributed by atoms with Crippen LogP contribution in [0.25, 0.3) is 17.1 Å². The largest absolute Gasteiger partial charge is 0.461 e. The van der Waals surface area contributed by atoms with Crippen molar-refractivity contribution in [2.45, 2.75) is 12.1 Å². The van der Waals surface area contributed by atoms with Gasteiger partial charge in [-0.3, -0.25) is 9.36 Å². The van der Waals surface area contributed by atoms with Crippen LogP contribution in [0.1, 0.15) is 17.4 Å². The van der Waals surface area contributed by atoms with Crippen LogP contribution in [0.2, 0.25) is 0 Å². The van der Waals surface area contributed by atoms with Gasteiger partial charge in [0.05, 0.1) is 12.4 Å². The summed E-state index contributed by atoms with van der Waals surface area (Å²) in [5.41, 5.74) is 1.44. The van der Waals surface area contributed by atoms with E-state index in [4.69, 9.17) is 4.74 Å². The number of rotatable bonds is 8. The van der Waals surface area contributed by atoms with E-state index in [0.29, 0.717) is 16.5 Å². The molecule has 1 N–H and O–H groups in total. The lowest BCUT2D eigenvalue weighted by Crippen LogP contribution is -2.17. The number of hydrogen-bond donors (Lipinski definition) is 1. The summed E-state index contributed by atoms with van der Waals surface area (Å²) >= 11 is 2.06. The van der Waals surface area contributed by atoms with Gasteiger partial charge in [0.15, 0.2) is 16.0 Å². The molecule has 9 nitrogen and oxygen atoms in total. The lowest BCUT2D eigenvalue weighted by atomic mass is 10.2. The Bertz CT molecular complexity index is 1260. The fourth-order valence-electron chi connectivity index (χ4n) is 2.86. The minimum absolute atomic E-state index is 0.00541. The Morgan fingerprint density at radius 2 is 1.85 bits per heavy atom. The van der Waals surface area contributed by atoms with Gasteiger partial charge in [0.25, 0.3) is 0 Å². The summed E-state index contributed by atoms with van der Waals surface area (Å²) in [6.07, 6.45) is 0. The zero-order valence-electron chi connectivity index (χ0n) is 17.3. The molecule has 1 amide bonds. The van der Waals surface area contributed by atoms with Crippen molar-refractivity contribution in [1.29, 1.82) is 0 Å². The Kier molecular flexibility index (Phi) is 7.05. The van der Waals surface area contributed by atoms with Gasteiger partial charge in [-0.1, -0.05) is 34.4 Å². The van der Waals surface area contributed by atoms with Gasteiger partial charge >= 0.3 is 5.97 Å². The van der Waals surface area contributed by atoms with E-state index in [1.165, 1.54) is 23.9 Å². The molecule has 0 bridgehead atoms. The molecular weight excluding hydrogens is 467 g/mol. The van der Waals surface area contributed by atoms with Crippen molar-refractivity contribution in [3.63, 3.8) is 0 Å². The molecule has 0 atom stereocenters. The first-order valence-electron chi connectivity index (χ1n) is 9.75. The van der Waals surface area contributed by atoms with E-state index in [9.17, 15) is 14.0 Å². The van der Waals surface area contributed by atoms with Crippen molar-refractivity contribution in [3.05, 3.63) is 66.1 Å². The minimum atomic E-state index is -0.651. The highest BCUT2D eigenvalue weighted by molar-refractivity contribution is 7.99. The minimum Gasteiger partial charge on any atom is -0.461 e. The first-order valence-corrected chi connectivity index (χ1v) is 11.5. The van der Waals surface area contributed by atoms with Gasteiger partial charge in [-0.2, -0.15) is 0 Å². The number of anilines is 1. The predicted molar refractivity (Wildman–Crippen MR) is 122 cm³/mol. The maximum Gasteiger partial charge on any atom is 0.362 e. The van der Waals surface area contributed by atoms with Crippen molar-refractivity contribution in [3.8, 4) is 17.1 Å². The molecule has 168 valence electrons. The van der Waals surface area contributed by atoms with Crippen molar-refractivity contribution < 1.29 is 18.7 Å². The number of carbonyl (C=O) groups excluding carboxylic acids is 2. The third kappa shape index (κ3) is 5.23. The molecule has 0 radical (unpaired) electrons. The summed E-state index contributed by atoms with van der Waals surface area (Å²) in [5, 5.41) is 15.6. The molecule has 0 saturated heterocycles. The quantitative estimate of drug-likeness (QED) is 0.297. The zero-order valence-corrected chi connectivity index (χ0v) is 18.9. The number of esters is 1. The maximum atomic E-state index is 13.4. The van der Waals surface area contributed by atoms with Crippen molar-refractivity contribution >= 4 is 40.2 Å². The van der Waals surface area contributed by atoms with E-state index in [1.807, 2.05) is 30.3 Å². The number of hydrogen-bond acceptors (Lipinski definition) is 9. The summed E-state index contributed by atoms with van der Waals surface area (Å²) in [7, 11) is 0. The van der Waals surface area contributed by atoms with Crippen molar-refractivity contribution in [1.82, 2.24) is 24.4 Å². The van der Waals surface area contributed by atoms with Crippen molar-refractivity contribution in [2.75, 3.05) is 17.7 Å². The number of benzene rings is 2. The second-order valence-corrected chi connectivity index (χ2v) is 8.19. The smallest absolute Gasteiger partial charge is 0.362 e. The topological polar surface area (TPSA) is 112 Å². The average molecular weight is 485 g/mol. The van der Waals surface area contributed by atoms with Crippen LogP contribution >= 0.6 is 23.3 Å². The molecular formula is C21H17FN6O3S2. The van der Waals surface area contributed by atoms with E-state index < -0.39 is 5.97 Å². The van der Waals surface area contributed by atoms with E-state index in [2.05, 4.69) is 25.1 Å². The van der Waals surface area contributed by atoms with Crippen LogP contribution in [0.15, 0.2) is 59.8 Å². The molecule has 2 aromatic heterocycles. The predicted octanol–water partition coefficient (Wildman–Crippen LogP) is 3.83. The molecule has 4 aromatic rings. The highest BCUT2D eigenvalue weighted by Crippen LogP contribution is 2.28. The average Bonchev–Trinajstić information content (AvgIpc) is 3.46. The van der Waals surface area contributed by atoms with Crippen LogP contribution in [0, 0.1) is 5.82 Å². The highest BCUT2D eigenvalue weighted by atomic mass is 32.2. The monoisotopic (exact) mass is 484 g/mol. The summed E-state index contributed by atoms with van der Waals surface area (Å²) in [5.74, 6) is -0.866. The number of carbonyl (C=O) groups is 2. The summed E-state index contributed by atoms with van der Waals surface area (Å²) in [6, 6.07) is 15.3. The molecule has 0 aliphatic carbocycles. The molecule has 33 heavy (non-hydrogen) atoms. The van der Waals surface area contributed by atoms with E-state index in [0.717, 1.165) is 17.2 Å². The highest BCUT2D eigenvalue weighted by Gasteiger charge is 2.21. The second-order valence-electron chi connectivity index (χ2n) is 6.49. The Hall–Kier alpha value is -3.64. The molecule has 0 aliphatic rings. The third-order valence-electron chi connectivity index (χ3n) is 4.29. The molecule has 2 heterocycles. The maximum absolute atomic E-state index is 13.4. The number of nitrogens with zero attached hydrogens (tertiary/aromatic N) is 5. The zero-order chi connectivity index (χ0) is 23.2. The Balaban J connectivity index is 1.54. The molecule has 0 fully saturated rings. The van der Waals surface area contributed by atoms with Gasteiger partial charge in [-0.25, -0.2) is 9.18 Å². The van der Waals surface area contributed by atoms with Crippen LogP contribution in [-0.4, -0.2) is 48.6 Å². The Morgan fingerprint density at radius 3 is 2.58 bits per heavy atom. The molecule has 0 unspecified atom stereocenters. The van der Waals surface area contributed by atoms with E-state index in [1.54, 1.807) is 23.6 Å². The lowest BCUT2D eigenvalue weighted by Gasteiger charge is -2.10. The normalized spacial score (nSPS) is 10.7. The van der Waals surface area contributed by atoms with Gasteiger partial charge in [0.1, 0.15) is 5.82 Å². The molecule has 2 aromatic carbocycles. The van der Waals surface area contributed by atoms with Gasteiger partial charge < -0.3 is 10.1 Å². The third-order valence-corrected chi connectivity index (χ3v) is 5.86. The number of aromatic nitrogens is 5. The fraction of sp³-hybridized carbons (Fsp3) is 0.143. The Labute approximate surface area is 196 Å². The lowest BCUT2D eigenvalue weighted by molar-refractivity contribution is -0.113. The van der Waals surface area contributed by atoms with E-state index >= 15 is 0 Å². The van der Waals surface area contributed by atoms with Gasteiger partial charge in [-0.15, -0.1) is 15.3 Å². The first kappa shape index (κ1) is 22.6. The number of amides is 1. The van der Waals surface area contributed by atoms with Crippen LogP contribution < -0.4 is 5.32 Å². The fourth-order valence-corrected chi connectivity index (χ4v) is 4.18. The second kappa shape index (κ2) is 10.3. The summed E-state index contributed by atoms with van der Waals surface area (Å²) in [4.78, 5) is 24.5. The molecule has 12 heteroatoms. The van der Waals surface area contributed by atoms with Crippen molar-refractivity contribution in [2.24, 2.45) is 0 Å². The summed E-state index contributed by atoms with van der Waals surface area (Å²) < 4.78 is 23.8. The molecule has 0 aliphatic heterocycles. The molecule has 0 spiro atoms. The number of halogens is 1. The first-order chi connectivity index (χ1) is 16.1. The number of ether oxygens (including phenoxy) is 1. The van der Waals surface area contributed by atoms with Crippen LogP contribution in [0.3, 0.4) is 0 Å². The number of thioether (sulfide) groups is 1. The van der Waals surface area contributed by atoms with E-state index in [-0.39, 0.29) is 34.8 Å². The van der Waals surface area contributed by atoms with Gasteiger partial charge in [0, 0.05) is 22.8 Å². The standard InChI is InChI=1S/C21H17FN6O3S2/c1-2-31-20(30)17-19(33-27-24-17)23-16(29)12-32-21-26-25-18(13-8-10-14(22)11-9-13)28(21)15-6-4-3-5-7-15/h3-11H,2,12H2,1H3,(H,23,29). The SMILES string of the molecule is CCOC(=O)c1nnsc1NC(=O)CSc1nnc(-c2ccc(F)cc2)n1-c1ccccc1. The molecule has 0 saturated carbocycles. The summed E-state index contributed by atoms with van der Waals surface area (Å²) in [6.45, 7) is 1.86. The van der Waals surface area contributed by atoms with Crippen LogP contribution in [0.4, 0.5) is 9.39 Å². The van der Waals surface area contributed by atoms with Gasteiger partial charge in [-0.05, 0) is 43.3 Å².